The predicted molar refractivity (Wildman–Crippen MR) is 97.7 cm³/mol. The molecule has 2 aromatic rings. The van der Waals surface area contributed by atoms with Crippen molar-refractivity contribution in [1.82, 2.24) is 16.3 Å². The summed E-state index contributed by atoms with van der Waals surface area (Å²) in [4.78, 5) is 22.6. The van der Waals surface area contributed by atoms with E-state index in [1.807, 2.05) is 0 Å². The van der Waals surface area contributed by atoms with E-state index in [1.54, 1.807) is 12.1 Å². The van der Waals surface area contributed by atoms with E-state index in [1.165, 1.54) is 30.3 Å². The fourth-order valence-corrected chi connectivity index (χ4v) is 2.89. The Kier molecular flexibility index (Phi) is 5.75. The molecule has 140 valence electrons. The molecule has 2 aromatic carbocycles. The van der Waals surface area contributed by atoms with Crippen LogP contribution in [0.2, 0.25) is 5.02 Å². The third-order valence-electron chi connectivity index (χ3n) is 4.07. The van der Waals surface area contributed by atoms with E-state index in [-0.39, 0.29) is 22.3 Å². The number of carbonyl (C=O) groups is 1. The highest BCUT2D eigenvalue weighted by molar-refractivity contribution is 6.33. The van der Waals surface area contributed by atoms with Gasteiger partial charge in [0.25, 0.3) is 11.6 Å². The maximum atomic E-state index is 13.6. The number of nitrogens with zero attached hydrogens (tertiary/aromatic N) is 2. The number of nitro groups is 1. The lowest BCUT2D eigenvalue weighted by atomic mass is 10.0. The molecule has 0 spiro atoms. The molecule has 0 aromatic heterocycles. The summed E-state index contributed by atoms with van der Waals surface area (Å²) < 4.78 is 13.6. The SMILES string of the molecule is O=C(N/N=C/c1c(F)cccc1Cl)C1CC(c2cccc([N+](=O)[O-])c2)NN1. The lowest BCUT2D eigenvalue weighted by molar-refractivity contribution is -0.384. The molecule has 1 heterocycles. The van der Waals surface area contributed by atoms with Gasteiger partial charge in [0.15, 0.2) is 0 Å². The summed E-state index contributed by atoms with van der Waals surface area (Å²) in [7, 11) is 0. The highest BCUT2D eigenvalue weighted by Crippen LogP contribution is 2.25. The van der Waals surface area contributed by atoms with Crippen LogP contribution >= 0.6 is 11.6 Å². The summed E-state index contributed by atoms with van der Waals surface area (Å²) in [5.41, 5.74) is 8.82. The van der Waals surface area contributed by atoms with E-state index >= 15 is 0 Å². The van der Waals surface area contributed by atoms with Crippen molar-refractivity contribution in [2.45, 2.75) is 18.5 Å². The van der Waals surface area contributed by atoms with Gasteiger partial charge in [0.2, 0.25) is 0 Å². The Hall–Kier alpha value is -2.88. The highest BCUT2D eigenvalue weighted by atomic mass is 35.5. The molecule has 10 heteroatoms. The molecule has 1 amide bonds. The minimum atomic E-state index is -0.609. The molecule has 0 bridgehead atoms. The molecular formula is C17H15ClFN5O3. The number of hydrogen-bond acceptors (Lipinski definition) is 6. The number of nitrogens with one attached hydrogen (secondary N) is 3. The Morgan fingerprint density at radius 2 is 2.11 bits per heavy atom. The van der Waals surface area contributed by atoms with Gasteiger partial charge in [-0.25, -0.2) is 20.7 Å². The maximum Gasteiger partial charge on any atom is 0.269 e. The zero-order chi connectivity index (χ0) is 19.4. The number of carbonyl (C=O) groups excluding carboxylic acids is 1. The third kappa shape index (κ3) is 4.45. The number of amides is 1. The van der Waals surface area contributed by atoms with Gasteiger partial charge in [-0.05, 0) is 24.1 Å². The van der Waals surface area contributed by atoms with Crippen LogP contribution in [0.1, 0.15) is 23.6 Å². The Morgan fingerprint density at radius 3 is 2.85 bits per heavy atom. The highest BCUT2D eigenvalue weighted by Gasteiger charge is 2.30. The molecule has 1 aliphatic heterocycles. The molecule has 3 rings (SSSR count). The van der Waals surface area contributed by atoms with Gasteiger partial charge in [-0.2, -0.15) is 5.10 Å². The second-order valence-electron chi connectivity index (χ2n) is 5.85. The normalized spacial score (nSPS) is 19.3. The van der Waals surface area contributed by atoms with E-state index in [4.69, 9.17) is 11.6 Å². The molecule has 1 aliphatic rings. The van der Waals surface area contributed by atoms with Crippen molar-refractivity contribution in [3.05, 3.63) is 74.5 Å². The van der Waals surface area contributed by atoms with Gasteiger partial charge in [0, 0.05) is 23.7 Å². The van der Waals surface area contributed by atoms with Gasteiger partial charge in [-0.15, -0.1) is 0 Å². The number of benzene rings is 2. The van der Waals surface area contributed by atoms with Crippen molar-refractivity contribution in [3.8, 4) is 0 Å². The van der Waals surface area contributed by atoms with Crippen molar-refractivity contribution in [2.75, 3.05) is 0 Å². The van der Waals surface area contributed by atoms with Crippen molar-refractivity contribution in [3.63, 3.8) is 0 Å². The van der Waals surface area contributed by atoms with Crippen LogP contribution in [0.4, 0.5) is 10.1 Å². The fraction of sp³-hybridized carbons (Fsp3) is 0.176. The van der Waals surface area contributed by atoms with Gasteiger partial charge in [0.05, 0.1) is 16.2 Å². The van der Waals surface area contributed by atoms with Gasteiger partial charge in [-0.3, -0.25) is 14.9 Å². The van der Waals surface area contributed by atoms with E-state index in [9.17, 15) is 19.3 Å². The monoisotopic (exact) mass is 391 g/mol. The number of hydrazone groups is 1. The molecule has 1 fully saturated rings. The molecule has 0 aliphatic carbocycles. The van der Waals surface area contributed by atoms with Crippen LogP contribution in [-0.4, -0.2) is 23.1 Å². The van der Waals surface area contributed by atoms with Gasteiger partial charge in [0.1, 0.15) is 11.9 Å². The zero-order valence-electron chi connectivity index (χ0n) is 13.9. The van der Waals surface area contributed by atoms with Crippen molar-refractivity contribution in [1.29, 1.82) is 0 Å². The van der Waals surface area contributed by atoms with E-state index in [2.05, 4.69) is 21.4 Å². The van der Waals surface area contributed by atoms with Crippen LogP contribution in [0.25, 0.3) is 0 Å². The van der Waals surface area contributed by atoms with E-state index < -0.39 is 22.7 Å². The maximum absolute atomic E-state index is 13.6. The Bertz CT molecular complexity index is 888. The van der Waals surface area contributed by atoms with Crippen LogP contribution in [-0.2, 0) is 4.79 Å². The molecule has 1 saturated heterocycles. The average Bonchev–Trinajstić information content (AvgIpc) is 3.14. The zero-order valence-corrected chi connectivity index (χ0v) is 14.6. The number of non-ortho nitro benzene ring substituents is 1. The lowest BCUT2D eigenvalue weighted by Gasteiger charge is -2.09. The molecule has 0 saturated carbocycles. The van der Waals surface area contributed by atoms with Crippen LogP contribution in [0.15, 0.2) is 47.6 Å². The quantitative estimate of drug-likeness (QED) is 0.412. The largest absolute Gasteiger partial charge is 0.271 e. The van der Waals surface area contributed by atoms with Crippen molar-refractivity contribution in [2.24, 2.45) is 5.10 Å². The second kappa shape index (κ2) is 8.21. The predicted octanol–water partition coefficient (Wildman–Crippen LogP) is 2.45. The second-order valence-corrected chi connectivity index (χ2v) is 6.26. The Labute approximate surface area is 158 Å². The average molecular weight is 392 g/mol. The standard InChI is InChI=1S/C17H15ClFN5O3/c18-13-5-2-6-14(19)12(13)9-20-23-17(25)16-8-15(21-22-16)10-3-1-4-11(7-10)24(26)27/h1-7,9,15-16,21-22H,8H2,(H,23,25)/b20-9+. The number of halogens is 2. The summed E-state index contributed by atoms with van der Waals surface area (Å²) in [5, 5.41) is 14.8. The summed E-state index contributed by atoms with van der Waals surface area (Å²) in [6, 6.07) is 9.52. The molecule has 2 atom stereocenters. The van der Waals surface area contributed by atoms with Crippen LogP contribution < -0.4 is 16.3 Å². The first kappa shape index (κ1) is 18.9. The van der Waals surface area contributed by atoms with Crippen LogP contribution in [0.5, 0.6) is 0 Å². The number of hydrogen-bond donors (Lipinski definition) is 3. The third-order valence-corrected chi connectivity index (χ3v) is 4.40. The molecular weight excluding hydrogens is 377 g/mol. The Balaban J connectivity index is 1.60. The van der Waals surface area contributed by atoms with E-state index in [0.717, 1.165) is 6.21 Å². The van der Waals surface area contributed by atoms with Crippen LogP contribution in [0, 0.1) is 15.9 Å². The first-order valence-corrected chi connectivity index (χ1v) is 8.36. The van der Waals surface area contributed by atoms with Gasteiger partial charge in [-0.1, -0.05) is 29.8 Å². The minimum absolute atomic E-state index is 0.0198. The topological polar surface area (TPSA) is 109 Å². The van der Waals surface area contributed by atoms with Gasteiger partial charge < -0.3 is 0 Å². The molecule has 2 unspecified atom stereocenters. The molecule has 0 radical (unpaired) electrons. The van der Waals surface area contributed by atoms with E-state index in [0.29, 0.717) is 12.0 Å². The van der Waals surface area contributed by atoms with Crippen molar-refractivity contribution < 1.29 is 14.1 Å². The summed E-state index contributed by atoms with van der Waals surface area (Å²) in [6.45, 7) is 0. The van der Waals surface area contributed by atoms with Crippen LogP contribution in [0.3, 0.4) is 0 Å². The number of nitro benzene ring substituents is 1. The number of rotatable bonds is 5. The fourth-order valence-electron chi connectivity index (χ4n) is 2.67. The summed E-state index contributed by atoms with van der Waals surface area (Å²) in [5.74, 6) is -0.981. The lowest BCUT2D eigenvalue weighted by Crippen LogP contribution is -2.41. The smallest absolute Gasteiger partial charge is 0.269 e. The first-order chi connectivity index (χ1) is 13.0. The summed E-state index contributed by atoms with van der Waals surface area (Å²) >= 11 is 5.88. The summed E-state index contributed by atoms with van der Waals surface area (Å²) in [6.07, 6.45) is 1.50. The first-order valence-electron chi connectivity index (χ1n) is 7.98. The molecule has 8 nitrogen and oxygen atoms in total. The number of hydrazine groups is 1. The van der Waals surface area contributed by atoms with Crippen molar-refractivity contribution >= 4 is 29.4 Å². The van der Waals surface area contributed by atoms with Gasteiger partial charge >= 0.3 is 0 Å². The minimum Gasteiger partial charge on any atom is -0.271 e. The Morgan fingerprint density at radius 1 is 1.33 bits per heavy atom. The molecule has 3 N–H and O–H groups in total. The molecule has 27 heavy (non-hydrogen) atoms.